The average Bonchev–Trinajstić information content (AvgIpc) is 3.33. The molecule has 0 bridgehead atoms. The van der Waals surface area contributed by atoms with Crippen molar-refractivity contribution in [2.45, 2.75) is 23.7 Å². The van der Waals surface area contributed by atoms with Gasteiger partial charge in [-0.3, -0.25) is 4.72 Å². The Morgan fingerprint density at radius 3 is 2.54 bits per heavy atom. The third-order valence-corrected chi connectivity index (χ3v) is 5.69. The van der Waals surface area contributed by atoms with E-state index in [4.69, 9.17) is 5.26 Å². The number of nitrogens with zero attached hydrogens (tertiary/aromatic N) is 1. The number of H-pyrrole nitrogens is 1. The zero-order valence-corrected chi connectivity index (χ0v) is 13.6. The minimum atomic E-state index is -3.70. The molecule has 2 aromatic carbocycles. The van der Waals surface area contributed by atoms with E-state index in [0.29, 0.717) is 22.6 Å². The predicted octanol–water partition coefficient (Wildman–Crippen LogP) is 3.72. The quantitative estimate of drug-likeness (QED) is 0.761. The monoisotopic (exact) mass is 337 g/mol. The van der Waals surface area contributed by atoms with E-state index in [1.165, 1.54) is 24.6 Å². The number of aromatic nitrogens is 1. The second kappa shape index (κ2) is 5.39. The first-order chi connectivity index (χ1) is 11.6. The standard InChI is InChI=1S/C18H15N3O2S/c19-10-12-1-6-15(7-2-12)21-24(22,23)18-11-20-17-9-14(13-3-4-13)5-8-16(17)18/h1-2,5-9,11,13,20-21H,3-4H2. The van der Waals surface area contributed by atoms with Crippen molar-refractivity contribution in [2.24, 2.45) is 0 Å². The highest BCUT2D eigenvalue weighted by atomic mass is 32.2. The number of nitrogens with one attached hydrogen (secondary N) is 2. The van der Waals surface area contributed by atoms with Gasteiger partial charge in [-0.25, -0.2) is 8.42 Å². The Morgan fingerprint density at radius 2 is 1.88 bits per heavy atom. The maximum Gasteiger partial charge on any atom is 0.264 e. The molecule has 0 atom stereocenters. The molecule has 1 aliphatic rings. The molecular weight excluding hydrogens is 322 g/mol. The van der Waals surface area contributed by atoms with Crippen molar-refractivity contribution in [2.75, 3.05) is 4.72 Å². The highest BCUT2D eigenvalue weighted by molar-refractivity contribution is 7.93. The van der Waals surface area contributed by atoms with E-state index < -0.39 is 10.0 Å². The van der Waals surface area contributed by atoms with Gasteiger partial charge in [0.05, 0.1) is 11.6 Å². The molecule has 1 aliphatic carbocycles. The van der Waals surface area contributed by atoms with Crippen LogP contribution in [0.5, 0.6) is 0 Å². The number of hydrogen-bond donors (Lipinski definition) is 2. The highest BCUT2D eigenvalue weighted by Gasteiger charge is 2.25. The van der Waals surface area contributed by atoms with Crippen LogP contribution in [0.2, 0.25) is 0 Å². The lowest BCUT2D eigenvalue weighted by atomic mass is 10.1. The zero-order valence-electron chi connectivity index (χ0n) is 12.8. The molecule has 4 rings (SSSR count). The molecule has 0 radical (unpaired) electrons. The molecule has 6 heteroatoms. The van der Waals surface area contributed by atoms with Crippen molar-refractivity contribution < 1.29 is 8.42 Å². The van der Waals surface area contributed by atoms with Gasteiger partial charge in [-0.2, -0.15) is 5.26 Å². The van der Waals surface area contributed by atoms with Gasteiger partial charge in [0.2, 0.25) is 0 Å². The van der Waals surface area contributed by atoms with Crippen LogP contribution in [0.4, 0.5) is 5.69 Å². The van der Waals surface area contributed by atoms with Gasteiger partial charge in [0, 0.05) is 22.8 Å². The fourth-order valence-corrected chi connectivity index (χ4v) is 4.07. The minimum absolute atomic E-state index is 0.226. The van der Waals surface area contributed by atoms with E-state index in [1.807, 2.05) is 24.3 Å². The van der Waals surface area contributed by atoms with Gasteiger partial charge in [-0.05, 0) is 54.7 Å². The van der Waals surface area contributed by atoms with Crippen molar-refractivity contribution in [1.82, 2.24) is 4.98 Å². The number of sulfonamides is 1. The number of hydrogen-bond acceptors (Lipinski definition) is 3. The van der Waals surface area contributed by atoms with Crippen molar-refractivity contribution in [3.63, 3.8) is 0 Å². The van der Waals surface area contributed by atoms with Gasteiger partial charge in [-0.1, -0.05) is 12.1 Å². The summed E-state index contributed by atoms with van der Waals surface area (Å²) >= 11 is 0. The lowest BCUT2D eigenvalue weighted by Crippen LogP contribution is -2.12. The van der Waals surface area contributed by atoms with E-state index in [-0.39, 0.29) is 4.90 Å². The minimum Gasteiger partial charge on any atom is -0.360 e. The Hall–Kier alpha value is -2.78. The maximum atomic E-state index is 12.7. The summed E-state index contributed by atoms with van der Waals surface area (Å²) in [5, 5.41) is 9.48. The molecule has 0 spiro atoms. The largest absolute Gasteiger partial charge is 0.360 e. The summed E-state index contributed by atoms with van der Waals surface area (Å²) in [4.78, 5) is 3.29. The van der Waals surface area contributed by atoms with E-state index in [9.17, 15) is 8.42 Å². The van der Waals surface area contributed by atoms with Crippen molar-refractivity contribution in [3.05, 3.63) is 59.8 Å². The molecule has 1 heterocycles. The first-order valence-electron chi connectivity index (χ1n) is 7.71. The van der Waals surface area contributed by atoms with Gasteiger partial charge in [-0.15, -0.1) is 0 Å². The number of aromatic amines is 1. The van der Waals surface area contributed by atoms with E-state index in [1.54, 1.807) is 24.3 Å². The van der Waals surface area contributed by atoms with Gasteiger partial charge < -0.3 is 4.98 Å². The molecule has 2 N–H and O–H groups in total. The van der Waals surface area contributed by atoms with Crippen LogP contribution < -0.4 is 4.72 Å². The molecule has 120 valence electrons. The molecule has 5 nitrogen and oxygen atoms in total. The Morgan fingerprint density at radius 1 is 1.12 bits per heavy atom. The Balaban J connectivity index is 1.68. The fourth-order valence-electron chi connectivity index (χ4n) is 2.83. The summed E-state index contributed by atoms with van der Waals surface area (Å²) in [6.07, 6.45) is 3.93. The highest BCUT2D eigenvalue weighted by Crippen LogP contribution is 2.41. The molecule has 3 aromatic rings. The SMILES string of the molecule is N#Cc1ccc(NS(=O)(=O)c2c[nH]c3cc(C4CC4)ccc23)cc1. The molecule has 0 unspecified atom stereocenters. The molecular formula is C18H15N3O2S. The molecule has 1 fully saturated rings. The zero-order chi connectivity index (χ0) is 16.7. The third kappa shape index (κ3) is 2.63. The number of rotatable bonds is 4. The molecule has 1 saturated carbocycles. The number of benzene rings is 2. The molecule has 0 aliphatic heterocycles. The van der Waals surface area contributed by atoms with Gasteiger partial charge in [0.15, 0.2) is 0 Å². The number of anilines is 1. The Kier molecular flexibility index (Phi) is 3.32. The smallest absolute Gasteiger partial charge is 0.264 e. The first-order valence-corrected chi connectivity index (χ1v) is 9.19. The Labute approximate surface area is 140 Å². The second-order valence-corrected chi connectivity index (χ2v) is 7.68. The van der Waals surface area contributed by atoms with Crippen LogP contribution in [0.1, 0.15) is 29.9 Å². The molecule has 24 heavy (non-hydrogen) atoms. The Bertz CT molecular complexity index is 1060. The van der Waals surface area contributed by atoms with E-state index >= 15 is 0 Å². The number of nitriles is 1. The molecule has 0 amide bonds. The van der Waals surface area contributed by atoms with Gasteiger partial charge >= 0.3 is 0 Å². The first kappa shape index (κ1) is 14.8. The lowest BCUT2D eigenvalue weighted by molar-refractivity contribution is 0.602. The van der Waals surface area contributed by atoms with Crippen LogP contribution in [0.3, 0.4) is 0 Å². The van der Waals surface area contributed by atoms with Crippen molar-refractivity contribution in [1.29, 1.82) is 5.26 Å². The van der Waals surface area contributed by atoms with Crippen LogP contribution in [0, 0.1) is 11.3 Å². The predicted molar refractivity (Wildman–Crippen MR) is 92.2 cm³/mol. The van der Waals surface area contributed by atoms with E-state index in [0.717, 1.165) is 5.52 Å². The summed E-state index contributed by atoms with van der Waals surface area (Å²) in [6, 6.07) is 14.2. The van der Waals surface area contributed by atoms with Crippen LogP contribution in [-0.4, -0.2) is 13.4 Å². The third-order valence-electron chi connectivity index (χ3n) is 4.27. The van der Waals surface area contributed by atoms with Crippen LogP contribution in [0.25, 0.3) is 10.9 Å². The lowest BCUT2D eigenvalue weighted by Gasteiger charge is -2.07. The summed E-state index contributed by atoms with van der Waals surface area (Å²) in [7, 11) is -3.70. The number of fused-ring (bicyclic) bond motifs is 1. The van der Waals surface area contributed by atoms with Crippen LogP contribution in [-0.2, 0) is 10.0 Å². The van der Waals surface area contributed by atoms with Gasteiger partial charge in [0.1, 0.15) is 4.90 Å². The maximum absolute atomic E-state index is 12.7. The summed E-state index contributed by atoms with van der Waals surface area (Å²) in [5.74, 6) is 0.620. The van der Waals surface area contributed by atoms with Crippen LogP contribution >= 0.6 is 0 Å². The molecule has 0 saturated heterocycles. The fraction of sp³-hybridized carbons (Fsp3) is 0.167. The van der Waals surface area contributed by atoms with Crippen LogP contribution in [0.15, 0.2) is 53.6 Å². The summed E-state index contributed by atoms with van der Waals surface area (Å²) in [6.45, 7) is 0. The summed E-state index contributed by atoms with van der Waals surface area (Å²) in [5.41, 5.74) is 3.00. The van der Waals surface area contributed by atoms with E-state index in [2.05, 4.69) is 9.71 Å². The normalized spacial score (nSPS) is 14.5. The topological polar surface area (TPSA) is 85.8 Å². The van der Waals surface area contributed by atoms with Crippen molar-refractivity contribution in [3.8, 4) is 6.07 Å². The van der Waals surface area contributed by atoms with Crippen molar-refractivity contribution >= 4 is 26.6 Å². The van der Waals surface area contributed by atoms with Gasteiger partial charge in [0.25, 0.3) is 10.0 Å². The average molecular weight is 337 g/mol. The molecule has 1 aromatic heterocycles. The second-order valence-electron chi connectivity index (χ2n) is 6.03. The summed E-state index contributed by atoms with van der Waals surface area (Å²) < 4.78 is 27.9.